The van der Waals surface area contributed by atoms with Crippen LogP contribution >= 0.6 is 0 Å². The molecule has 1 unspecified atom stereocenters. The molecule has 0 aromatic carbocycles. The van der Waals surface area contributed by atoms with Gasteiger partial charge in [0.2, 0.25) is 5.91 Å². The molecule has 0 aliphatic heterocycles. The number of nitro groups is 1. The SMILES string of the molecule is COC(=O)CC(NC(=O)CCn1nc(C)c([N+](=O)[O-])c1C)C(=O)OC. The zero-order chi connectivity index (χ0) is 19.1. The van der Waals surface area contributed by atoms with Crippen molar-refractivity contribution in [1.82, 2.24) is 15.1 Å². The number of methoxy groups -OCH3 is 2. The van der Waals surface area contributed by atoms with Gasteiger partial charge in [0, 0.05) is 6.42 Å². The molecule has 1 aromatic rings. The summed E-state index contributed by atoms with van der Waals surface area (Å²) in [4.78, 5) is 45.3. The minimum Gasteiger partial charge on any atom is -0.469 e. The first-order valence-electron chi connectivity index (χ1n) is 7.33. The molecule has 0 spiro atoms. The van der Waals surface area contributed by atoms with E-state index < -0.39 is 28.8 Å². The largest absolute Gasteiger partial charge is 0.469 e. The first-order valence-corrected chi connectivity index (χ1v) is 7.33. The fourth-order valence-electron chi connectivity index (χ4n) is 2.23. The second-order valence-corrected chi connectivity index (χ2v) is 5.17. The molecular weight excluding hydrogens is 336 g/mol. The van der Waals surface area contributed by atoms with Crippen LogP contribution in [0.15, 0.2) is 0 Å². The Labute approximate surface area is 143 Å². The average molecular weight is 356 g/mol. The Balaban J connectivity index is 2.72. The van der Waals surface area contributed by atoms with Gasteiger partial charge in [0.1, 0.15) is 17.4 Å². The molecule has 11 nitrogen and oxygen atoms in total. The summed E-state index contributed by atoms with van der Waals surface area (Å²) >= 11 is 0. The molecule has 0 saturated carbocycles. The highest BCUT2D eigenvalue weighted by atomic mass is 16.6. The lowest BCUT2D eigenvalue weighted by atomic mass is 10.2. The Morgan fingerprint density at radius 1 is 1.28 bits per heavy atom. The second-order valence-electron chi connectivity index (χ2n) is 5.17. The van der Waals surface area contributed by atoms with E-state index in [0.717, 1.165) is 14.2 Å². The number of hydrogen-bond donors (Lipinski definition) is 1. The molecule has 1 aromatic heterocycles. The van der Waals surface area contributed by atoms with Gasteiger partial charge in [0.15, 0.2) is 0 Å². The molecule has 1 atom stereocenters. The van der Waals surface area contributed by atoms with E-state index in [9.17, 15) is 24.5 Å². The topological polar surface area (TPSA) is 143 Å². The van der Waals surface area contributed by atoms with Crippen LogP contribution in [-0.4, -0.2) is 52.8 Å². The molecule has 0 bridgehead atoms. The van der Waals surface area contributed by atoms with Gasteiger partial charge in [-0.1, -0.05) is 0 Å². The highest BCUT2D eigenvalue weighted by Gasteiger charge is 2.26. The lowest BCUT2D eigenvalue weighted by Crippen LogP contribution is -2.43. The first kappa shape index (κ1) is 20.1. The minimum atomic E-state index is -1.17. The fraction of sp³-hybridized carbons (Fsp3) is 0.571. The maximum Gasteiger partial charge on any atom is 0.328 e. The van der Waals surface area contributed by atoms with Crippen LogP contribution in [0.4, 0.5) is 5.69 Å². The summed E-state index contributed by atoms with van der Waals surface area (Å²) in [5, 5.41) is 17.4. The minimum absolute atomic E-state index is 0.0818. The number of rotatable bonds is 8. The zero-order valence-corrected chi connectivity index (χ0v) is 14.4. The number of aromatic nitrogens is 2. The molecule has 1 heterocycles. The number of nitrogens with one attached hydrogen (secondary N) is 1. The van der Waals surface area contributed by atoms with E-state index in [0.29, 0.717) is 5.69 Å². The zero-order valence-electron chi connectivity index (χ0n) is 14.4. The van der Waals surface area contributed by atoms with Crippen molar-refractivity contribution in [2.75, 3.05) is 14.2 Å². The third kappa shape index (κ3) is 5.26. The third-order valence-corrected chi connectivity index (χ3v) is 3.50. The van der Waals surface area contributed by atoms with Crippen molar-refractivity contribution in [3.63, 3.8) is 0 Å². The molecule has 25 heavy (non-hydrogen) atoms. The summed E-state index contributed by atoms with van der Waals surface area (Å²) in [6.07, 6.45) is -0.450. The Hall–Kier alpha value is -2.98. The Morgan fingerprint density at radius 2 is 1.92 bits per heavy atom. The molecule has 0 aliphatic rings. The van der Waals surface area contributed by atoms with Gasteiger partial charge in [-0.15, -0.1) is 0 Å². The summed E-state index contributed by atoms with van der Waals surface area (Å²) < 4.78 is 10.3. The van der Waals surface area contributed by atoms with E-state index in [1.807, 2.05) is 0 Å². The number of amides is 1. The molecule has 0 radical (unpaired) electrons. The number of carbonyl (C=O) groups excluding carboxylic acids is 3. The van der Waals surface area contributed by atoms with Gasteiger partial charge < -0.3 is 14.8 Å². The van der Waals surface area contributed by atoms with Gasteiger partial charge in [-0.3, -0.25) is 24.4 Å². The van der Waals surface area contributed by atoms with Crippen LogP contribution < -0.4 is 5.32 Å². The monoisotopic (exact) mass is 356 g/mol. The highest BCUT2D eigenvalue weighted by molar-refractivity contribution is 5.87. The molecular formula is C14H20N4O7. The summed E-state index contributed by atoms with van der Waals surface area (Å²) in [6, 6.07) is -1.17. The Kier molecular flexibility index (Phi) is 7.03. The van der Waals surface area contributed by atoms with Crippen molar-refractivity contribution in [2.24, 2.45) is 0 Å². The molecule has 0 fully saturated rings. The van der Waals surface area contributed by atoms with E-state index in [1.165, 1.54) is 18.5 Å². The quantitative estimate of drug-likeness (QED) is 0.390. The molecule has 0 aliphatic carbocycles. The molecule has 11 heteroatoms. The maximum absolute atomic E-state index is 12.0. The smallest absolute Gasteiger partial charge is 0.328 e. The number of aryl methyl sites for hydroxylation is 2. The molecule has 0 saturated heterocycles. The van der Waals surface area contributed by atoms with Crippen LogP contribution in [0.2, 0.25) is 0 Å². The van der Waals surface area contributed by atoms with Crippen LogP contribution in [0.25, 0.3) is 0 Å². The van der Waals surface area contributed by atoms with Crippen LogP contribution in [0.5, 0.6) is 0 Å². The summed E-state index contributed by atoms with van der Waals surface area (Å²) in [5.74, 6) is -1.99. The highest BCUT2D eigenvalue weighted by Crippen LogP contribution is 2.21. The van der Waals surface area contributed by atoms with Gasteiger partial charge in [-0.05, 0) is 13.8 Å². The third-order valence-electron chi connectivity index (χ3n) is 3.50. The number of esters is 2. The van der Waals surface area contributed by atoms with E-state index in [4.69, 9.17) is 0 Å². The Morgan fingerprint density at radius 3 is 2.40 bits per heavy atom. The molecule has 1 amide bonds. The number of hydrogen-bond acceptors (Lipinski definition) is 8. The van der Waals surface area contributed by atoms with Crippen molar-refractivity contribution in [1.29, 1.82) is 0 Å². The average Bonchev–Trinajstić information content (AvgIpc) is 2.85. The summed E-state index contributed by atoms with van der Waals surface area (Å²) in [6.45, 7) is 3.12. The van der Waals surface area contributed by atoms with Crippen LogP contribution in [0.1, 0.15) is 24.2 Å². The van der Waals surface area contributed by atoms with Crippen LogP contribution in [0.3, 0.4) is 0 Å². The summed E-state index contributed by atoms with van der Waals surface area (Å²) in [7, 11) is 2.29. The van der Waals surface area contributed by atoms with Crippen molar-refractivity contribution in [2.45, 2.75) is 39.3 Å². The van der Waals surface area contributed by atoms with Crippen LogP contribution in [0, 0.1) is 24.0 Å². The predicted octanol–water partition coefficient (Wildman–Crippen LogP) is 0.0191. The van der Waals surface area contributed by atoms with Crippen molar-refractivity contribution in [3.05, 3.63) is 21.5 Å². The number of nitrogens with zero attached hydrogens (tertiary/aromatic N) is 3. The molecule has 1 N–H and O–H groups in total. The van der Waals surface area contributed by atoms with Gasteiger partial charge in [0.25, 0.3) is 0 Å². The van der Waals surface area contributed by atoms with Crippen molar-refractivity contribution >= 4 is 23.5 Å². The molecule has 138 valence electrons. The molecule has 1 rings (SSSR count). The van der Waals surface area contributed by atoms with E-state index in [-0.39, 0.29) is 30.8 Å². The normalized spacial score (nSPS) is 11.5. The van der Waals surface area contributed by atoms with Crippen molar-refractivity contribution < 1.29 is 28.8 Å². The number of carbonyl (C=O) groups is 3. The lowest BCUT2D eigenvalue weighted by Gasteiger charge is -2.15. The second kappa shape index (κ2) is 8.76. The number of ether oxygens (including phenoxy) is 2. The lowest BCUT2D eigenvalue weighted by molar-refractivity contribution is -0.386. The first-order chi connectivity index (χ1) is 11.7. The van der Waals surface area contributed by atoms with E-state index in [2.05, 4.69) is 19.9 Å². The predicted molar refractivity (Wildman–Crippen MR) is 83.6 cm³/mol. The van der Waals surface area contributed by atoms with Gasteiger partial charge in [-0.25, -0.2) is 4.79 Å². The van der Waals surface area contributed by atoms with E-state index in [1.54, 1.807) is 0 Å². The fourth-order valence-corrected chi connectivity index (χ4v) is 2.23. The maximum atomic E-state index is 12.0. The Bertz CT molecular complexity index is 683. The van der Waals surface area contributed by atoms with E-state index >= 15 is 0 Å². The van der Waals surface area contributed by atoms with Crippen molar-refractivity contribution in [3.8, 4) is 0 Å². The van der Waals surface area contributed by atoms with Gasteiger partial charge in [-0.2, -0.15) is 5.10 Å². The standard InChI is InChI=1S/C14H20N4O7/c1-8-13(18(22)23)9(2)17(16-8)6-5-11(19)15-10(14(21)25-4)7-12(20)24-3/h10H,5-7H2,1-4H3,(H,15,19). The summed E-state index contributed by atoms with van der Waals surface area (Å²) in [5.41, 5.74) is 0.481. The van der Waals surface area contributed by atoms with Crippen LogP contribution in [-0.2, 0) is 30.4 Å². The van der Waals surface area contributed by atoms with Gasteiger partial charge in [0.05, 0.1) is 32.1 Å². The van der Waals surface area contributed by atoms with Gasteiger partial charge >= 0.3 is 17.6 Å².